The van der Waals surface area contributed by atoms with E-state index in [2.05, 4.69) is 52.5 Å². The van der Waals surface area contributed by atoms with Gasteiger partial charge in [-0.2, -0.15) is 0 Å². The largest absolute Gasteiger partial charge is 0.242 e. The van der Waals surface area contributed by atoms with Gasteiger partial charge in [-0.3, -0.25) is 0 Å². The van der Waals surface area contributed by atoms with Crippen molar-refractivity contribution < 1.29 is 4.21 Å². The lowest BCUT2D eigenvalue weighted by Gasteiger charge is -2.30. The van der Waals surface area contributed by atoms with Crippen molar-refractivity contribution in [2.24, 2.45) is 0 Å². The Balaban J connectivity index is 3.12. The molecule has 0 aliphatic rings. The fraction of sp³-hybridized carbons (Fsp3) is 0.500. The molecule has 0 fully saturated rings. The molecule has 0 amide bonds. The number of benzene rings is 1. The highest BCUT2D eigenvalue weighted by Crippen LogP contribution is 2.47. The van der Waals surface area contributed by atoms with Gasteiger partial charge >= 0.3 is 0 Å². The van der Waals surface area contributed by atoms with Gasteiger partial charge in [-0.05, 0) is 32.4 Å². The van der Waals surface area contributed by atoms with E-state index in [0.717, 1.165) is 5.56 Å². The van der Waals surface area contributed by atoms with Crippen molar-refractivity contribution in [2.75, 3.05) is 0 Å². The molecule has 0 saturated carbocycles. The van der Waals surface area contributed by atoms with E-state index in [9.17, 15) is 4.21 Å². The van der Waals surface area contributed by atoms with E-state index in [1.165, 1.54) is 0 Å². The summed E-state index contributed by atoms with van der Waals surface area (Å²) in [5, 5.41) is 0.619. The summed E-state index contributed by atoms with van der Waals surface area (Å²) in [5.41, 5.74) is 0.854. The molecule has 0 spiro atoms. The summed E-state index contributed by atoms with van der Waals surface area (Å²) in [6.07, 6.45) is 0. The summed E-state index contributed by atoms with van der Waals surface area (Å²) in [7, 11) is -1.22. The van der Waals surface area contributed by atoms with Crippen LogP contribution >= 0.6 is 59.4 Å². The quantitative estimate of drug-likeness (QED) is 0.568. The third-order valence-corrected chi connectivity index (χ3v) is 5.60. The number of hydrogen-bond donors (Lipinski definition) is 1. The molecule has 0 bridgehead atoms. The maximum atomic E-state index is 12.3. The van der Waals surface area contributed by atoms with Crippen molar-refractivity contribution in [3.63, 3.8) is 0 Å². The third-order valence-electron chi connectivity index (χ3n) is 2.32. The minimum atomic E-state index is -1.22. The topological polar surface area (TPSA) is 29.1 Å². The molecule has 19 heavy (non-hydrogen) atoms. The third kappa shape index (κ3) is 5.40. The normalized spacial score (nSPS) is 16.2. The van der Waals surface area contributed by atoms with E-state index >= 15 is 0 Å². The Bertz CT molecular complexity index is 471. The first-order valence-corrected chi connectivity index (χ1v) is 9.43. The fourth-order valence-corrected chi connectivity index (χ4v) is 3.95. The van der Waals surface area contributed by atoms with Gasteiger partial charge in [0, 0.05) is 5.02 Å². The van der Waals surface area contributed by atoms with Gasteiger partial charge in [0.15, 0.2) is 2.14 Å². The average Bonchev–Trinajstić information content (AvgIpc) is 2.24. The number of nitrogens with one attached hydrogen (secondary N) is 1. The average molecular weight is 496 g/mol. The van der Waals surface area contributed by atoms with Crippen LogP contribution in [0.3, 0.4) is 0 Å². The minimum Gasteiger partial charge on any atom is -0.242 e. The maximum Gasteiger partial charge on any atom is 0.155 e. The van der Waals surface area contributed by atoms with E-state index in [1.807, 2.05) is 45.0 Å². The number of rotatable bonds is 3. The second kappa shape index (κ2) is 6.88. The molecule has 1 N–H and O–H groups in total. The molecule has 0 aliphatic heterocycles. The van der Waals surface area contributed by atoms with Crippen LogP contribution in [0.5, 0.6) is 0 Å². The summed E-state index contributed by atoms with van der Waals surface area (Å²) in [5.74, 6) is 0. The van der Waals surface area contributed by atoms with Gasteiger partial charge in [-0.15, -0.1) is 0 Å². The summed E-state index contributed by atoms with van der Waals surface area (Å²) in [4.78, 5) is 0. The number of hydrogen-bond acceptors (Lipinski definition) is 1. The highest BCUT2D eigenvalue weighted by molar-refractivity contribution is 9.39. The Kier molecular flexibility index (Phi) is 6.56. The molecule has 0 saturated heterocycles. The van der Waals surface area contributed by atoms with Crippen LogP contribution < -0.4 is 4.72 Å². The molecular weight excluding hydrogens is 481 g/mol. The van der Waals surface area contributed by atoms with Gasteiger partial charge in [0.25, 0.3) is 0 Å². The molecule has 0 aliphatic carbocycles. The molecule has 2 nitrogen and oxygen atoms in total. The molecule has 0 aromatic heterocycles. The van der Waals surface area contributed by atoms with E-state index in [0.29, 0.717) is 5.02 Å². The van der Waals surface area contributed by atoms with Gasteiger partial charge in [0.05, 0.1) is 21.8 Å². The van der Waals surface area contributed by atoms with Crippen LogP contribution in [0.25, 0.3) is 0 Å². The lowest BCUT2D eigenvalue weighted by Crippen LogP contribution is -2.40. The van der Waals surface area contributed by atoms with Crippen molar-refractivity contribution in [3.05, 3.63) is 34.9 Å². The maximum absolute atomic E-state index is 12.3. The Morgan fingerprint density at radius 3 is 2.16 bits per heavy atom. The van der Waals surface area contributed by atoms with Crippen LogP contribution in [0.15, 0.2) is 24.3 Å². The van der Waals surface area contributed by atoms with Crippen molar-refractivity contribution in [2.45, 2.75) is 33.7 Å². The van der Waals surface area contributed by atoms with Crippen LogP contribution in [0.2, 0.25) is 5.02 Å². The Hall–Kier alpha value is 1.06. The zero-order chi connectivity index (χ0) is 14.8. The lowest BCUT2D eigenvalue weighted by molar-refractivity contribution is 0.612. The first kappa shape index (κ1) is 18.1. The van der Waals surface area contributed by atoms with E-state index in [-0.39, 0.29) is 10.8 Å². The first-order valence-electron chi connectivity index (χ1n) is 5.52. The van der Waals surface area contributed by atoms with E-state index in [4.69, 9.17) is 11.6 Å². The minimum absolute atomic E-state index is 0.304. The summed E-state index contributed by atoms with van der Waals surface area (Å²) in [6, 6.07) is 7.17. The van der Waals surface area contributed by atoms with Gasteiger partial charge in [0.2, 0.25) is 0 Å². The van der Waals surface area contributed by atoms with Gasteiger partial charge in [-0.1, -0.05) is 77.6 Å². The fourth-order valence-electron chi connectivity index (χ4n) is 1.30. The smallest absolute Gasteiger partial charge is 0.155 e. The number of alkyl halides is 3. The molecule has 1 unspecified atom stereocenters. The predicted molar refractivity (Wildman–Crippen MR) is 94.7 cm³/mol. The second-order valence-electron chi connectivity index (χ2n) is 5.00. The molecule has 108 valence electrons. The van der Waals surface area contributed by atoms with Crippen molar-refractivity contribution in [1.29, 1.82) is 0 Å². The predicted octanol–water partition coefficient (Wildman–Crippen LogP) is 5.27. The van der Waals surface area contributed by atoms with Crippen molar-refractivity contribution in [1.82, 2.24) is 4.72 Å². The van der Waals surface area contributed by atoms with Crippen LogP contribution in [0, 0.1) is 0 Å². The second-order valence-corrected chi connectivity index (χ2v) is 14.3. The molecule has 0 radical (unpaired) electrons. The number of halogens is 4. The monoisotopic (exact) mass is 493 g/mol. The molecule has 2 atom stereocenters. The zero-order valence-electron chi connectivity index (χ0n) is 10.7. The molecule has 1 rings (SSSR count). The Labute approximate surface area is 147 Å². The van der Waals surface area contributed by atoms with Crippen LogP contribution in [0.4, 0.5) is 0 Å². The molecular formula is C12H15Br3ClNOS. The van der Waals surface area contributed by atoms with Crippen LogP contribution in [-0.2, 0) is 11.0 Å². The zero-order valence-corrected chi connectivity index (χ0v) is 17.0. The van der Waals surface area contributed by atoms with Crippen LogP contribution in [0.1, 0.15) is 32.4 Å². The van der Waals surface area contributed by atoms with Gasteiger partial charge in [-0.25, -0.2) is 8.93 Å². The summed E-state index contributed by atoms with van der Waals surface area (Å²) in [6.45, 7) is 5.74. The van der Waals surface area contributed by atoms with Gasteiger partial charge in [0.1, 0.15) is 0 Å². The first-order chi connectivity index (χ1) is 8.53. The van der Waals surface area contributed by atoms with Crippen molar-refractivity contribution in [3.8, 4) is 0 Å². The highest BCUT2D eigenvalue weighted by Gasteiger charge is 2.36. The Morgan fingerprint density at radius 2 is 1.74 bits per heavy atom. The van der Waals surface area contributed by atoms with E-state index in [1.54, 1.807) is 0 Å². The SMILES string of the molecule is CC(C)(C)S(=O)N[C@@H](c1ccccc1Cl)C(Br)(Br)Br. The standard InChI is InChI=1S/C12H15Br3ClNOS/c1-11(2,3)19(18)17-10(12(13,14)15)8-6-4-5-7-9(8)16/h4-7,10,17H,1-3H3/t10-,19?/m0/s1. The molecule has 7 heteroatoms. The summed E-state index contributed by atoms with van der Waals surface area (Å²) < 4.78 is 14.4. The molecule has 1 aromatic carbocycles. The van der Waals surface area contributed by atoms with Crippen molar-refractivity contribution >= 4 is 70.4 Å². The van der Waals surface area contributed by atoms with Crippen LogP contribution in [-0.4, -0.2) is 11.1 Å². The summed E-state index contributed by atoms with van der Waals surface area (Å²) >= 11 is 16.7. The molecule has 1 aromatic rings. The Morgan fingerprint density at radius 1 is 1.21 bits per heavy atom. The van der Waals surface area contributed by atoms with E-state index < -0.39 is 13.1 Å². The molecule has 0 heterocycles. The lowest BCUT2D eigenvalue weighted by atomic mass is 10.1. The highest BCUT2D eigenvalue weighted by atomic mass is 80.0. The van der Waals surface area contributed by atoms with Gasteiger partial charge < -0.3 is 0 Å².